The van der Waals surface area contributed by atoms with Crippen LogP contribution in [0, 0.1) is 19.8 Å². The number of fused-ring (bicyclic) bond motifs is 6. The van der Waals surface area contributed by atoms with Crippen LogP contribution in [0.4, 0.5) is 19.1 Å². The van der Waals surface area contributed by atoms with E-state index in [4.69, 9.17) is 4.74 Å². The van der Waals surface area contributed by atoms with Crippen molar-refractivity contribution in [2.24, 2.45) is 5.92 Å². The van der Waals surface area contributed by atoms with Crippen LogP contribution in [0.2, 0.25) is 0 Å². The molecule has 230 valence electrons. The van der Waals surface area contributed by atoms with E-state index in [0.29, 0.717) is 12.1 Å². The van der Waals surface area contributed by atoms with Gasteiger partial charge in [0.25, 0.3) is 15.9 Å². The number of anilines is 1. The lowest BCUT2D eigenvalue weighted by molar-refractivity contribution is -0.147. The maximum absolute atomic E-state index is 14.0. The van der Waals surface area contributed by atoms with Crippen LogP contribution in [0.1, 0.15) is 41.8 Å². The summed E-state index contributed by atoms with van der Waals surface area (Å²) in [6, 6.07) is 12.2. The number of carbonyl (C=O) groups is 1. The Bertz CT molecular complexity index is 1610. The van der Waals surface area contributed by atoms with Gasteiger partial charge in [-0.05, 0) is 55.5 Å². The molecular weight excluding hydrogens is 583 g/mol. The minimum atomic E-state index is -4.46. The molecule has 9 nitrogen and oxygen atoms in total. The molecule has 3 heterocycles. The minimum absolute atomic E-state index is 0.0208. The summed E-state index contributed by atoms with van der Waals surface area (Å²) in [5, 5.41) is 0. The number of hydrogen-bond acceptors (Lipinski definition) is 7. The number of ether oxygens (including phenoxy) is 1. The fourth-order valence-electron chi connectivity index (χ4n) is 5.83. The third-order valence-electron chi connectivity index (χ3n) is 7.52. The SMILES string of the molecule is Cc1cccc(C)c1-c1cc2nc(n1)NS(=O)(=O)c1cccc(c1)C(=O)N1C[C@@H](CN(CC(F)(F)F)C[C@H]1CC(C)C)O2. The van der Waals surface area contributed by atoms with Crippen molar-refractivity contribution < 1.29 is 31.1 Å². The lowest BCUT2D eigenvalue weighted by Gasteiger charge is -2.33. The first-order chi connectivity index (χ1) is 20.2. The Morgan fingerprint density at radius 1 is 1.02 bits per heavy atom. The number of aryl methyl sites for hydroxylation is 2. The highest BCUT2D eigenvalue weighted by molar-refractivity contribution is 7.92. The number of benzene rings is 2. The number of alkyl halides is 3. The van der Waals surface area contributed by atoms with E-state index in [-0.39, 0.29) is 47.8 Å². The molecule has 1 fully saturated rings. The first-order valence-corrected chi connectivity index (χ1v) is 15.5. The van der Waals surface area contributed by atoms with Crippen LogP contribution in [0.15, 0.2) is 53.4 Å². The van der Waals surface area contributed by atoms with Gasteiger partial charge in [-0.3, -0.25) is 9.69 Å². The van der Waals surface area contributed by atoms with Crippen molar-refractivity contribution in [1.29, 1.82) is 0 Å². The molecule has 0 saturated carbocycles. The van der Waals surface area contributed by atoms with E-state index in [2.05, 4.69) is 14.7 Å². The van der Waals surface area contributed by atoms with Gasteiger partial charge in [-0.2, -0.15) is 18.2 Å². The molecule has 2 aliphatic rings. The van der Waals surface area contributed by atoms with E-state index in [1.54, 1.807) is 6.07 Å². The van der Waals surface area contributed by atoms with E-state index in [1.165, 1.54) is 34.1 Å². The highest BCUT2D eigenvalue weighted by atomic mass is 32.2. The van der Waals surface area contributed by atoms with Gasteiger partial charge in [-0.25, -0.2) is 18.1 Å². The van der Waals surface area contributed by atoms with Gasteiger partial charge in [-0.15, -0.1) is 0 Å². The fourth-order valence-corrected chi connectivity index (χ4v) is 6.82. The normalized spacial score (nSPS) is 20.7. The van der Waals surface area contributed by atoms with Crippen LogP contribution < -0.4 is 9.46 Å². The van der Waals surface area contributed by atoms with Gasteiger partial charge in [0.2, 0.25) is 11.8 Å². The quantitative estimate of drug-likeness (QED) is 0.437. The molecule has 0 radical (unpaired) electrons. The molecule has 1 amide bonds. The average Bonchev–Trinajstić information content (AvgIpc) is 3.04. The topological polar surface area (TPSA) is 105 Å². The number of nitrogens with one attached hydrogen (secondary N) is 1. The summed E-state index contributed by atoms with van der Waals surface area (Å²) in [6.45, 7) is 6.33. The summed E-state index contributed by atoms with van der Waals surface area (Å²) in [7, 11) is -4.23. The van der Waals surface area contributed by atoms with Gasteiger partial charge in [0, 0.05) is 36.3 Å². The van der Waals surface area contributed by atoms with Gasteiger partial charge < -0.3 is 9.64 Å². The number of carbonyl (C=O) groups excluding carboxylic acids is 1. The smallest absolute Gasteiger partial charge is 0.401 e. The molecule has 1 saturated heterocycles. The predicted octanol–water partition coefficient (Wildman–Crippen LogP) is 5.06. The molecule has 1 aromatic heterocycles. The Balaban J connectivity index is 1.69. The van der Waals surface area contributed by atoms with E-state index in [0.717, 1.165) is 16.7 Å². The summed E-state index contributed by atoms with van der Waals surface area (Å²) in [5.74, 6) is -0.698. The van der Waals surface area contributed by atoms with Crippen molar-refractivity contribution in [2.45, 2.75) is 57.3 Å². The zero-order valence-electron chi connectivity index (χ0n) is 24.4. The van der Waals surface area contributed by atoms with Crippen molar-refractivity contribution >= 4 is 21.9 Å². The highest BCUT2D eigenvalue weighted by Gasteiger charge is 2.39. The number of halogens is 3. The summed E-state index contributed by atoms with van der Waals surface area (Å²) >= 11 is 0. The van der Waals surface area contributed by atoms with E-state index < -0.39 is 40.8 Å². The lowest BCUT2D eigenvalue weighted by atomic mass is 10.00. The zero-order valence-corrected chi connectivity index (χ0v) is 25.2. The zero-order chi connectivity index (χ0) is 31.1. The van der Waals surface area contributed by atoms with Crippen LogP contribution in [-0.2, 0) is 10.0 Å². The maximum Gasteiger partial charge on any atom is 0.401 e. The maximum atomic E-state index is 14.0. The number of rotatable bonds is 4. The van der Waals surface area contributed by atoms with Crippen molar-refractivity contribution in [3.05, 3.63) is 65.2 Å². The standard InChI is InChI=1S/C30H34F3N5O4S/c1-18(2)11-22-14-37(17-30(31,32)33)15-23-16-38(22)28(39)21-9-6-10-24(12-21)43(40,41)36-29-34-25(13-26(35-29)42-23)27-19(3)7-5-8-20(27)4/h5-10,12-13,18,22-23H,11,14-17H2,1-4H3,(H,34,35,36)/t22-,23-/m1/s1. The molecule has 2 aromatic carbocycles. The van der Waals surface area contributed by atoms with Gasteiger partial charge >= 0.3 is 6.18 Å². The number of amides is 1. The van der Waals surface area contributed by atoms with E-state index >= 15 is 0 Å². The van der Waals surface area contributed by atoms with Crippen LogP contribution in [-0.4, -0.2) is 78.6 Å². The number of sulfonamides is 1. The van der Waals surface area contributed by atoms with Crippen LogP contribution >= 0.6 is 0 Å². The average molecular weight is 618 g/mol. The van der Waals surface area contributed by atoms with Gasteiger partial charge in [0.1, 0.15) is 6.10 Å². The molecule has 0 aliphatic carbocycles. The largest absolute Gasteiger partial charge is 0.471 e. The molecule has 0 spiro atoms. The predicted molar refractivity (Wildman–Crippen MR) is 155 cm³/mol. The molecular formula is C30H34F3N5O4S. The molecule has 3 aromatic rings. The van der Waals surface area contributed by atoms with Gasteiger partial charge in [0.15, 0.2) is 0 Å². The van der Waals surface area contributed by atoms with Crippen molar-refractivity contribution in [1.82, 2.24) is 19.8 Å². The second-order valence-electron chi connectivity index (χ2n) is 11.6. The second kappa shape index (κ2) is 11.8. The fraction of sp³-hybridized carbons (Fsp3) is 0.433. The molecule has 2 aliphatic heterocycles. The summed E-state index contributed by atoms with van der Waals surface area (Å²) in [4.78, 5) is 25.4. The highest BCUT2D eigenvalue weighted by Crippen LogP contribution is 2.31. The van der Waals surface area contributed by atoms with Crippen molar-refractivity contribution in [3.8, 4) is 17.1 Å². The Hall–Kier alpha value is -3.71. The molecule has 2 atom stereocenters. The van der Waals surface area contributed by atoms with Crippen LogP contribution in [0.5, 0.6) is 5.88 Å². The summed E-state index contributed by atoms with van der Waals surface area (Å²) < 4.78 is 76.6. The third kappa shape index (κ3) is 7.10. The molecule has 6 bridgehead atoms. The number of hydrogen-bond donors (Lipinski definition) is 1. The number of aromatic nitrogens is 2. The Morgan fingerprint density at radius 3 is 2.40 bits per heavy atom. The summed E-state index contributed by atoms with van der Waals surface area (Å²) in [6.07, 6.45) is -4.92. The van der Waals surface area contributed by atoms with Crippen LogP contribution in [0.3, 0.4) is 0 Å². The van der Waals surface area contributed by atoms with Crippen molar-refractivity contribution in [2.75, 3.05) is 30.9 Å². The Kier molecular flexibility index (Phi) is 8.41. The second-order valence-corrected chi connectivity index (χ2v) is 13.3. The molecule has 13 heteroatoms. The number of nitrogens with zero attached hydrogens (tertiary/aromatic N) is 4. The van der Waals surface area contributed by atoms with Gasteiger partial charge in [-0.1, -0.05) is 38.1 Å². The summed E-state index contributed by atoms with van der Waals surface area (Å²) in [5.41, 5.74) is 2.98. The monoisotopic (exact) mass is 617 g/mol. The Labute approximate surface area is 249 Å². The molecule has 0 unspecified atom stereocenters. The lowest BCUT2D eigenvalue weighted by Crippen LogP contribution is -2.47. The van der Waals surface area contributed by atoms with E-state index in [1.807, 2.05) is 45.9 Å². The van der Waals surface area contributed by atoms with E-state index in [9.17, 15) is 26.4 Å². The molecule has 43 heavy (non-hydrogen) atoms. The first-order valence-electron chi connectivity index (χ1n) is 14.0. The third-order valence-corrected chi connectivity index (χ3v) is 8.85. The van der Waals surface area contributed by atoms with Crippen LogP contribution in [0.25, 0.3) is 11.3 Å². The molecule has 5 rings (SSSR count). The van der Waals surface area contributed by atoms with Gasteiger partial charge in [0.05, 0.1) is 23.7 Å². The minimum Gasteiger partial charge on any atom is -0.471 e. The van der Waals surface area contributed by atoms with Crippen molar-refractivity contribution in [3.63, 3.8) is 0 Å². The first kappa shape index (κ1) is 30.7. The Morgan fingerprint density at radius 2 is 1.72 bits per heavy atom. The molecule has 1 N–H and O–H groups in total.